The molecule has 1 heterocycles. The predicted octanol–water partition coefficient (Wildman–Crippen LogP) is 1.42. The van der Waals surface area contributed by atoms with Crippen LogP contribution in [0.4, 0.5) is 0 Å². The zero-order valence-electron chi connectivity index (χ0n) is 11.1. The van der Waals surface area contributed by atoms with Crippen molar-refractivity contribution in [3.8, 4) is 5.75 Å². The topological polar surface area (TPSA) is 47.7 Å². The van der Waals surface area contributed by atoms with Crippen LogP contribution in [0, 0.1) is 0 Å². The molecule has 1 aromatic carbocycles. The van der Waals surface area contributed by atoms with Gasteiger partial charge in [0.1, 0.15) is 5.75 Å². The first kappa shape index (κ1) is 13.3. The summed E-state index contributed by atoms with van der Waals surface area (Å²) in [5.74, 6) is 0.879. The predicted molar refractivity (Wildman–Crippen MR) is 71.8 cm³/mol. The summed E-state index contributed by atoms with van der Waals surface area (Å²) in [6.45, 7) is 5.32. The Morgan fingerprint density at radius 2 is 2.17 bits per heavy atom. The molecule has 0 amide bonds. The van der Waals surface area contributed by atoms with Crippen molar-refractivity contribution in [3.05, 3.63) is 29.8 Å². The van der Waals surface area contributed by atoms with Gasteiger partial charge >= 0.3 is 0 Å². The smallest absolute Gasteiger partial charge is 0.118 e. The van der Waals surface area contributed by atoms with Crippen LogP contribution in [0.25, 0.3) is 0 Å². The molecular formula is C14H22N2O2. The summed E-state index contributed by atoms with van der Waals surface area (Å²) in [5, 5.41) is 0. The molecule has 1 aliphatic rings. The number of benzene rings is 1. The van der Waals surface area contributed by atoms with Crippen molar-refractivity contribution in [2.75, 3.05) is 33.4 Å². The van der Waals surface area contributed by atoms with Crippen LogP contribution in [0.15, 0.2) is 24.3 Å². The maximum Gasteiger partial charge on any atom is 0.118 e. The summed E-state index contributed by atoms with van der Waals surface area (Å²) in [7, 11) is 1.68. The van der Waals surface area contributed by atoms with E-state index in [4.69, 9.17) is 15.2 Å². The van der Waals surface area contributed by atoms with E-state index >= 15 is 0 Å². The molecule has 4 nitrogen and oxygen atoms in total. The van der Waals surface area contributed by atoms with Gasteiger partial charge in [0.25, 0.3) is 0 Å². The molecule has 4 heteroatoms. The number of hydrogen-bond acceptors (Lipinski definition) is 4. The fourth-order valence-electron chi connectivity index (χ4n) is 2.49. The minimum atomic E-state index is 0.259. The Kier molecular flexibility index (Phi) is 4.58. The van der Waals surface area contributed by atoms with E-state index in [0.29, 0.717) is 12.6 Å². The Morgan fingerprint density at radius 3 is 2.72 bits per heavy atom. The highest BCUT2D eigenvalue weighted by Gasteiger charge is 2.26. The monoisotopic (exact) mass is 250 g/mol. The molecule has 0 spiro atoms. The molecule has 1 aromatic rings. The second kappa shape index (κ2) is 6.18. The van der Waals surface area contributed by atoms with Gasteiger partial charge in [-0.1, -0.05) is 12.1 Å². The summed E-state index contributed by atoms with van der Waals surface area (Å²) < 4.78 is 10.7. The summed E-state index contributed by atoms with van der Waals surface area (Å²) >= 11 is 0. The molecule has 0 aromatic heterocycles. The summed E-state index contributed by atoms with van der Waals surface area (Å²) in [5.41, 5.74) is 7.20. The summed E-state index contributed by atoms with van der Waals surface area (Å²) in [4.78, 5) is 2.42. The molecule has 0 radical (unpaired) electrons. The van der Waals surface area contributed by atoms with Crippen LogP contribution < -0.4 is 10.5 Å². The number of rotatable bonds is 4. The fourth-order valence-corrected chi connectivity index (χ4v) is 2.49. The number of ether oxygens (including phenoxy) is 2. The number of nitrogens with zero attached hydrogens (tertiary/aromatic N) is 1. The Hall–Kier alpha value is -1.10. The van der Waals surface area contributed by atoms with Gasteiger partial charge in [0, 0.05) is 25.2 Å². The molecule has 0 saturated carbocycles. The molecule has 2 N–H and O–H groups in total. The van der Waals surface area contributed by atoms with E-state index in [1.807, 2.05) is 12.1 Å². The van der Waals surface area contributed by atoms with Crippen molar-refractivity contribution in [1.82, 2.24) is 4.90 Å². The quantitative estimate of drug-likeness (QED) is 0.878. The molecule has 2 atom stereocenters. The Labute approximate surface area is 109 Å². The average Bonchev–Trinajstić information content (AvgIpc) is 2.42. The summed E-state index contributed by atoms with van der Waals surface area (Å²) in [6, 6.07) is 8.84. The first-order valence-corrected chi connectivity index (χ1v) is 6.43. The van der Waals surface area contributed by atoms with E-state index in [1.165, 1.54) is 5.56 Å². The van der Waals surface area contributed by atoms with Gasteiger partial charge in [0.05, 0.1) is 20.3 Å². The van der Waals surface area contributed by atoms with Crippen molar-refractivity contribution in [3.63, 3.8) is 0 Å². The highest BCUT2D eigenvalue weighted by atomic mass is 16.5. The second-order valence-corrected chi connectivity index (χ2v) is 4.69. The number of morpholine rings is 1. The normalized spacial score (nSPS) is 22.7. The van der Waals surface area contributed by atoms with E-state index in [-0.39, 0.29) is 6.04 Å². The van der Waals surface area contributed by atoms with Crippen LogP contribution in [0.3, 0.4) is 0 Å². The van der Waals surface area contributed by atoms with Crippen molar-refractivity contribution >= 4 is 0 Å². The third-order valence-corrected chi connectivity index (χ3v) is 3.54. The van der Waals surface area contributed by atoms with E-state index in [2.05, 4.69) is 24.0 Å². The van der Waals surface area contributed by atoms with Crippen LogP contribution in [-0.2, 0) is 4.74 Å². The highest BCUT2D eigenvalue weighted by molar-refractivity contribution is 5.29. The molecule has 0 aliphatic carbocycles. The molecule has 1 saturated heterocycles. The van der Waals surface area contributed by atoms with Crippen molar-refractivity contribution in [2.45, 2.75) is 19.0 Å². The van der Waals surface area contributed by atoms with E-state index < -0.39 is 0 Å². The van der Waals surface area contributed by atoms with Crippen molar-refractivity contribution in [2.24, 2.45) is 5.73 Å². The Morgan fingerprint density at radius 1 is 1.44 bits per heavy atom. The maximum atomic E-state index is 5.95. The first-order chi connectivity index (χ1) is 8.76. The molecule has 1 aliphatic heterocycles. The van der Waals surface area contributed by atoms with Gasteiger partial charge in [-0.15, -0.1) is 0 Å². The molecule has 18 heavy (non-hydrogen) atoms. The van der Waals surface area contributed by atoms with Crippen molar-refractivity contribution in [1.29, 1.82) is 0 Å². The Bertz CT molecular complexity index is 367. The third-order valence-electron chi connectivity index (χ3n) is 3.54. The first-order valence-electron chi connectivity index (χ1n) is 6.43. The fraction of sp³-hybridized carbons (Fsp3) is 0.571. The Balaban J connectivity index is 2.15. The SMILES string of the molecule is COc1ccc(C(CN)N2CCOCC2C)cc1. The molecule has 2 unspecified atom stereocenters. The minimum absolute atomic E-state index is 0.259. The van der Waals surface area contributed by atoms with Crippen LogP contribution in [0.2, 0.25) is 0 Å². The number of methoxy groups -OCH3 is 1. The van der Waals surface area contributed by atoms with Crippen LogP contribution in [-0.4, -0.2) is 44.4 Å². The van der Waals surface area contributed by atoms with Gasteiger partial charge in [-0.25, -0.2) is 0 Å². The number of hydrogen-bond donors (Lipinski definition) is 1. The van der Waals surface area contributed by atoms with E-state index in [1.54, 1.807) is 7.11 Å². The van der Waals surface area contributed by atoms with E-state index in [0.717, 1.165) is 25.5 Å². The number of nitrogens with two attached hydrogens (primary N) is 1. The maximum absolute atomic E-state index is 5.95. The zero-order chi connectivity index (χ0) is 13.0. The highest BCUT2D eigenvalue weighted by Crippen LogP contribution is 2.25. The lowest BCUT2D eigenvalue weighted by atomic mass is 10.0. The molecular weight excluding hydrogens is 228 g/mol. The van der Waals surface area contributed by atoms with Gasteiger partial charge in [-0.2, -0.15) is 0 Å². The molecule has 1 fully saturated rings. The zero-order valence-corrected chi connectivity index (χ0v) is 11.1. The van der Waals surface area contributed by atoms with Gasteiger partial charge in [-0.3, -0.25) is 4.90 Å². The van der Waals surface area contributed by atoms with Gasteiger partial charge in [0.2, 0.25) is 0 Å². The molecule has 0 bridgehead atoms. The average molecular weight is 250 g/mol. The minimum Gasteiger partial charge on any atom is -0.497 e. The standard InChI is InChI=1S/C14H22N2O2/c1-11-10-18-8-7-16(11)14(9-15)12-3-5-13(17-2)6-4-12/h3-6,11,14H,7-10,15H2,1-2H3. The largest absolute Gasteiger partial charge is 0.497 e. The van der Waals surface area contributed by atoms with Gasteiger partial charge in [0.15, 0.2) is 0 Å². The lowest BCUT2D eigenvalue weighted by Crippen LogP contribution is -2.47. The van der Waals surface area contributed by atoms with Crippen LogP contribution in [0.5, 0.6) is 5.75 Å². The third kappa shape index (κ3) is 2.83. The second-order valence-electron chi connectivity index (χ2n) is 4.69. The lowest BCUT2D eigenvalue weighted by molar-refractivity contribution is -0.0209. The van der Waals surface area contributed by atoms with Gasteiger partial charge in [-0.05, 0) is 24.6 Å². The van der Waals surface area contributed by atoms with Crippen LogP contribution >= 0.6 is 0 Å². The van der Waals surface area contributed by atoms with E-state index in [9.17, 15) is 0 Å². The molecule has 2 rings (SSSR count). The van der Waals surface area contributed by atoms with Crippen LogP contribution in [0.1, 0.15) is 18.5 Å². The van der Waals surface area contributed by atoms with Gasteiger partial charge < -0.3 is 15.2 Å². The van der Waals surface area contributed by atoms with Crippen molar-refractivity contribution < 1.29 is 9.47 Å². The molecule has 100 valence electrons. The summed E-state index contributed by atoms with van der Waals surface area (Å²) in [6.07, 6.45) is 0. The lowest BCUT2D eigenvalue weighted by Gasteiger charge is -2.39.